The van der Waals surface area contributed by atoms with Crippen LogP contribution in [0.3, 0.4) is 0 Å². The van der Waals surface area contributed by atoms with Gasteiger partial charge in [0.25, 0.3) is 0 Å². The Kier molecular flexibility index (Phi) is 23.5. The standard InChI is InChI=1S/C56H69ClN12O10S2/c1-31(70)48(54(76)67-46(30-81)52(74)65-44(56(78)79)25-35-28-62-41-14-6-4-12-38(35)41)68-53(75)47(15-7-8-20-58)69(2)55(77)43(24-34-27-61-40-13-5-3-11-37(34)40)64-50(72)42(23-33-10-9-21-60-26-33)63-51(73)45(29-80)66-49(71)39(59)22-32-16-18-36(57)19-17-32/h3-6,9-14,16-19,21,26-28,31,39,42-48,61-62,70,80-81H,7-8,15,20,22-25,29-30,58-59H2,1-2H3,(H,63,73)(H,64,72)(H,65,74)(H,66,71)(H,67,76)(H,68,75)(H,78,79)/t31-,39+,42+,43-,44-,45-,46+,47+,48+/m1/s1. The number of aliphatic hydroxyl groups excluding tert-OH is 1. The summed E-state index contributed by atoms with van der Waals surface area (Å²) in [5, 5.41) is 38.7. The van der Waals surface area contributed by atoms with Crippen LogP contribution in [0.15, 0.2) is 110 Å². The van der Waals surface area contributed by atoms with Gasteiger partial charge in [-0.15, -0.1) is 0 Å². The molecule has 0 saturated carbocycles. The van der Waals surface area contributed by atoms with E-state index in [1.54, 1.807) is 60.9 Å². The Morgan fingerprint density at radius 1 is 0.630 bits per heavy atom. The number of hydrogen-bond acceptors (Lipinski definition) is 14. The number of carboxylic acid groups (broad SMARTS) is 1. The number of aromatic nitrogens is 3. The second kappa shape index (κ2) is 30.4. The second-order valence-electron chi connectivity index (χ2n) is 19.6. The van der Waals surface area contributed by atoms with Gasteiger partial charge in [-0.05, 0) is 91.7 Å². The number of rotatable bonds is 30. The molecule has 9 atom stereocenters. The number of pyridine rings is 1. The van der Waals surface area contributed by atoms with Crippen LogP contribution in [-0.4, -0.2) is 157 Å². The van der Waals surface area contributed by atoms with Crippen molar-refractivity contribution < 1.29 is 48.6 Å². The van der Waals surface area contributed by atoms with E-state index in [2.05, 4.69) is 72.1 Å². The highest BCUT2D eigenvalue weighted by molar-refractivity contribution is 7.80. The molecule has 6 rings (SSSR count). The van der Waals surface area contributed by atoms with Crippen molar-refractivity contribution in [1.82, 2.24) is 51.8 Å². The molecular weight excluding hydrogens is 1100 g/mol. The zero-order valence-electron chi connectivity index (χ0n) is 44.6. The lowest BCUT2D eigenvalue weighted by molar-refractivity contribution is -0.144. The van der Waals surface area contributed by atoms with Crippen LogP contribution < -0.4 is 43.4 Å². The summed E-state index contributed by atoms with van der Waals surface area (Å²) in [6.45, 7) is 1.47. The molecule has 3 aromatic carbocycles. The number of halogens is 1. The van der Waals surface area contributed by atoms with E-state index in [0.29, 0.717) is 34.6 Å². The summed E-state index contributed by atoms with van der Waals surface area (Å²) in [6, 6.07) is 13.6. The maximum atomic E-state index is 15.1. The maximum absolute atomic E-state index is 15.1. The van der Waals surface area contributed by atoms with Crippen molar-refractivity contribution in [2.24, 2.45) is 11.5 Å². The van der Waals surface area contributed by atoms with Gasteiger partial charge in [-0.3, -0.25) is 38.5 Å². The molecule has 25 heteroatoms. The molecule has 6 aromatic rings. The molecule has 22 nitrogen and oxygen atoms in total. The van der Waals surface area contributed by atoms with Gasteiger partial charge in [-0.25, -0.2) is 4.79 Å². The van der Waals surface area contributed by atoms with Gasteiger partial charge in [0, 0.05) is 89.4 Å². The number of aromatic amines is 2. The number of carbonyl (C=O) groups excluding carboxylic acids is 7. The van der Waals surface area contributed by atoms with Gasteiger partial charge in [0.1, 0.15) is 42.3 Å². The van der Waals surface area contributed by atoms with Crippen molar-refractivity contribution in [3.63, 3.8) is 0 Å². The molecule has 0 spiro atoms. The van der Waals surface area contributed by atoms with Crippen LogP contribution in [0.4, 0.5) is 0 Å². The Morgan fingerprint density at radius 2 is 1.16 bits per heavy atom. The van der Waals surface area contributed by atoms with Crippen LogP contribution in [0.5, 0.6) is 0 Å². The third-order valence-corrected chi connectivity index (χ3v) is 14.7. The first-order valence-corrected chi connectivity index (χ1v) is 27.9. The Labute approximate surface area is 483 Å². The molecule has 7 amide bonds. The van der Waals surface area contributed by atoms with Crippen molar-refractivity contribution in [2.45, 2.75) is 106 Å². The van der Waals surface area contributed by atoms with E-state index in [4.69, 9.17) is 23.1 Å². The van der Waals surface area contributed by atoms with E-state index < -0.39 is 102 Å². The highest BCUT2D eigenvalue weighted by Gasteiger charge is 2.38. The van der Waals surface area contributed by atoms with Gasteiger partial charge in [0.2, 0.25) is 41.4 Å². The summed E-state index contributed by atoms with van der Waals surface area (Å²) in [5.74, 6) is -7.62. The number of H-pyrrole nitrogens is 2. The highest BCUT2D eigenvalue weighted by atomic mass is 35.5. The molecule has 0 unspecified atom stereocenters. The van der Waals surface area contributed by atoms with Crippen LogP contribution in [-0.2, 0) is 64.0 Å². The predicted octanol–water partition coefficient (Wildman–Crippen LogP) is 1.49. The number of fused-ring (bicyclic) bond motifs is 2. The quantitative estimate of drug-likeness (QED) is 0.0225. The van der Waals surface area contributed by atoms with E-state index in [9.17, 15) is 43.8 Å². The molecule has 3 aromatic heterocycles. The monoisotopic (exact) mass is 1170 g/mol. The molecule has 0 bridgehead atoms. The van der Waals surface area contributed by atoms with Gasteiger partial charge >= 0.3 is 5.97 Å². The third kappa shape index (κ3) is 17.5. The van der Waals surface area contributed by atoms with Gasteiger partial charge < -0.3 is 68.4 Å². The number of amides is 7. The van der Waals surface area contributed by atoms with Crippen LogP contribution in [0.25, 0.3) is 21.8 Å². The van der Waals surface area contributed by atoms with E-state index in [0.717, 1.165) is 32.3 Å². The van der Waals surface area contributed by atoms with Crippen LogP contribution >= 0.6 is 36.9 Å². The summed E-state index contributed by atoms with van der Waals surface area (Å²) < 4.78 is 0. The van der Waals surface area contributed by atoms with Crippen molar-refractivity contribution in [3.8, 4) is 0 Å². The van der Waals surface area contributed by atoms with E-state index in [1.165, 1.54) is 26.4 Å². The molecule has 0 radical (unpaired) electrons. The topological polar surface area (TPSA) is 349 Å². The van der Waals surface area contributed by atoms with Crippen molar-refractivity contribution in [3.05, 3.63) is 137 Å². The highest BCUT2D eigenvalue weighted by Crippen LogP contribution is 2.22. The number of carbonyl (C=O) groups is 8. The first kappa shape index (κ1) is 62.7. The molecule has 0 saturated heterocycles. The molecule has 0 aliphatic heterocycles. The molecule has 3 heterocycles. The fourth-order valence-electron chi connectivity index (χ4n) is 9.15. The Bertz CT molecular complexity index is 3130. The number of likely N-dealkylation sites (N-methyl/N-ethyl adjacent to an activating group) is 1. The number of benzene rings is 3. The number of hydrogen-bond donors (Lipinski definition) is 14. The van der Waals surface area contributed by atoms with Crippen LogP contribution in [0, 0.1) is 0 Å². The fourth-order valence-corrected chi connectivity index (χ4v) is 9.79. The lowest BCUT2D eigenvalue weighted by atomic mass is 10.00. The summed E-state index contributed by atoms with van der Waals surface area (Å²) in [5.41, 5.74) is 16.1. The molecule has 0 aliphatic carbocycles. The first-order valence-electron chi connectivity index (χ1n) is 26.2. The number of thiol groups is 2. The van der Waals surface area contributed by atoms with Gasteiger partial charge in [0.05, 0.1) is 12.1 Å². The number of unbranched alkanes of at least 4 members (excludes halogenated alkanes) is 1. The summed E-state index contributed by atoms with van der Waals surface area (Å²) >= 11 is 14.6. The number of nitrogens with two attached hydrogens (primary N) is 2. The Morgan fingerprint density at radius 3 is 1.70 bits per heavy atom. The summed E-state index contributed by atoms with van der Waals surface area (Å²) in [7, 11) is 1.35. The van der Waals surface area contributed by atoms with Gasteiger partial charge in [-0.1, -0.05) is 66.2 Å². The minimum Gasteiger partial charge on any atom is -0.480 e. The summed E-state index contributed by atoms with van der Waals surface area (Å²) in [6.07, 6.45) is 5.33. The molecule has 81 heavy (non-hydrogen) atoms. The lowest BCUT2D eigenvalue weighted by Gasteiger charge is -2.33. The average Bonchev–Trinajstić information content (AvgIpc) is 4.27. The minimum atomic E-state index is -1.71. The molecule has 0 aliphatic rings. The van der Waals surface area contributed by atoms with E-state index in [-0.39, 0.29) is 50.2 Å². The zero-order chi connectivity index (χ0) is 58.8. The van der Waals surface area contributed by atoms with Gasteiger partial charge in [0.15, 0.2) is 0 Å². The minimum absolute atomic E-state index is 0.00172. The van der Waals surface area contributed by atoms with Crippen LogP contribution in [0.1, 0.15) is 48.4 Å². The normalized spacial score (nSPS) is 14.7. The third-order valence-electron chi connectivity index (χ3n) is 13.7. The Balaban J connectivity index is 1.22. The smallest absolute Gasteiger partial charge is 0.326 e. The molecule has 0 fully saturated rings. The second-order valence-corrected chi connectivity index (χ2v) is 20.8. The Hall–Kier alpha value is -7.48. The maximum Gasteiger partial charge on any atom is 0.326 e. The lowest BCUT2D eigenvalue weighted by Crippen LogP contribution is -2.62. The largest absolute Gasteiger partial charge is 0.480 e. The van der Waals surface area contributed by atoms with E-state index >= 15 is 4.79 Å². The van der Waals surface area contributed by atoms with Gasteiger partial charge in [-0.2, -0.15) is 25.3 Å². The number of nitrogens with zero attached hydrogens (tertiary/aromatic N) is 2. The fraction of sp³-hybridized carbons (Fsp3) is 0.375. The number of aliphatic carboxylic acids is 1. The van der Waals surface area contributed by atoms with Crippen molar-refractivity contribution >= 4 is 106 Å². The molecule has 14 N–H and O–H groups in total. The number of aliphatic hydroxyl groups is 1. The van der Waals surface area contributed by atoms with E-state index in [1.807, 2.05) is 36.4 Å². The van der Waals surface area contributed by atoms with Crippen molar-refractivity contribution in [2.75, 3.05) is 25.1 Å². The number of para-hydroxylation sites is 2. The average molecular weight is 1170 g/mol. The molecular formula is C56H69ClN12O10S2. The van der Waals surface area contributed by atoms with Crippen LogP contribution in [0.2, 0.25) is 5.02 Å². The molecule has 432 valence electrons. The zero-order valence-corrected chi connectivity index (χ0v) is 47.2. The number of nitrogens with one attached hydrogen (secondary N) is 8. The number of carboxylic acids is 1. The first-order chi connectivity index (χ1) is 38.8. The summed E-state index contributed by atoms with van der Waals surface area (Å²) in [4.78, 5) is 123. The predicted molar refractivity (Wildman–Crippen MR) is 313 cm³/mol. The SMILES string of the molecule is C[C@@H](O)[C@H](NC(=O)[C@H](CCCCN)N(C)C(=O)[C@@H](Cc1c[nH]c2ccccc12)NC(=O)[C@H](Cc1cccnc1)NC(=O)[C@@H](CS)NC(=O)[C@@H](N)Cc1ccc(Cl)cc1)C(=O)N[C@@H](CS)C(=O)N[C@H](Cc1c[nH]c2ccccc12)C(=O)O. The van der Waals surface area contributed by atoms with Crippen molar-refractivity contribution in [1.29, 1.82) is 0 Å².